The minimum Gasteiger partial charge on any atom is -0.349 e. The average molecular weight is 413 g/mol. The first-order valence-electron chi connectivity index (χ1n) is 10.2. The second kappa shape index (κ2) is 7.48. The van der Waals surface area contributed by atoms with Gasteiger partial charge in [0.25, 0.3) is 15.9 Å². The summed E-state index contributed by atoms with van der Waals surface area (Å²) in [6, 6.07) is 12.3. The number of carbonyl (C=O) groups is 1. The fourth-order valence-electron chi connectivity index (χ4n) is 4.76. The molecule has 2 bridgehead atoms. The van der Waals surface area contributed by atoms with Crippen molar-refractivity contribution in [3.8, 4) is 0 Å². The highest BCUT2D eigenvalue weighted by atomic mass is 32.2. The summed E-state index contributed by atoms with van der Waals surface area (Å²) in [5, 5.41) is 3.18. The third kappa shape index (κ3) is 3.78. The van der Waals surface area contributed by atoms with Crippen LogP contribution < -0.4 is 9.62 Å². The van der Waals surface area contributed by atoms with Gasteiger partial charge in [-0.1, -0.05) is 30.2 Å². The van der Waals surface area contributed by atoms with Gasteiger partial charge in [-0.25, -0.2) is 8.42 Å². The van der Waals surface area contributed by atoms with E-state index in [4.69, 9.17) is 0 Å². The lowest BCUT2D eigenvalue weighted by Gasteiger charge is -2.24. The number of carbonyl (C=O) groups excluding carboxylic acids is 1. The maximum absolute atomic E-state index is 13.1. The predicted molar refractivity (Wildman–Crippen MR) is 115 cm³/mol. The number of rotatable bonds is 5. The summed E-state index contributed by atoms with van der Waals surface area (Å²) in [4.78, 5) is 13.1. The van der Waals surface area contributed by atoms with Crippen molar-refractivity contribution in [3.05, 3.63) is 59.2 Å². The van der Waals surface area contributed by atoms with Crippen LogP contribution in [0.25, 0.3) is 0 Å². The summed E-state index contributed by atoms with van der Waals surface area (Å²) in [5.74, 6) is 1.23. The van der Waals surface area contributed by atoms with Crippen LogP contribution in [0.2, 0.25) is 0 Å². The maximum atomic E-state index is 13.1. The Morgan fingerprint density at radius 2 is 1.76 bits per heavy atom. The number of benzene rings is 2. The summed E-state index contributed by atoms with van der Waals surface area (Å²) in [6.07, 6.45) is 4.78. The highest BCUT2D eigenvalue weighted by Crippen LogP contribution is 2.44. The first kappa shape index (κ1) is 20.0. The minimum absolute atomic E-state index is 0.120. The van der Waals surface area contributed by atoms with Gasteiger partial charge in [0.05, 0.1) is 10.6 Å². The first-order valence-corrected chi connectivity index (χ1v) is 11.7. The van der Waals surface area contributed by atoms with E-state index in [0.29, 0.717) is 17.2 Å². The first-order chi connectivity index (χ1) is 13.8. The standard InChI is InChI=1S/C23H28N2O3S/c1-15-4-10-20(11-5-15)29(27,28)25(3)22-14-19(8-6-16(22)2)23(26)24-21-13-17-7-9-18(21)12-17/h4-6,8,10-11,14,17-18,21H,7,9,12-13H2,1-3H3,(H,24,26)/t17-,18-,21-/m1/s1. The van der Waals surface area contributed by atoms with Gasteiger partial charge in [0, 0.05) is 18.7 Å². The largest absolute Gasteiger partial charge is 0.349 e. The molecule has 2 aliphatic rings. The Kier molecular flexibility index (Phi) is 5.15. The number of nitrogens with one attached hydrogen (secondary N) is 1. The van der Waals surface area contributed by atoms with Gasteiger partial charge in [0.1, 0.15) is 0 Å². The lowest BCUT2D eigenvalue weighted by molar-refractivity contribution is 0.0923. The molecule has 0 saturated heterocycles. The lowest BCUT2D eigenvalue weighted by atomic mass is 9.95. The van der Waals surface area contributed by atoms with E-state index >= 15 is 0 Å². The fourth-order valence-corrected chi connectivity index (χ4v) is 6.01. The van der Waals surface area contributed by atoms with Crippen molar-refractivity contribution in [2.75, 3.05) is 11.4 Å². The summed E-state index contributed by atoms with van der Waals surface area (Å²) in [6.45, 7) is 3.77. The van der Waals surface area contributed by atoms with Crippen molar-refractivity contribution < 1.29 is 13.2 Å². The molecule has 2 aromatic carbocycles. The van der Waals surface area contributed by atoms with Gasteiger partial charge in [-0.15, -0.1) is 0 Å². The van der Waals surface area contributed by atoms with Gasteiger partial charge < -0.3 is 5.32 Å². The van der Waals surface area contributed by atoms with Crippen LogP contribution in [0.5, 0.6) is 0 Å². The van der Waals surface area contributed by atoms with Crippen molar-refractivity contribution in [3.63, 3.8) is 0 Å². The maximum Gasteiger partial charge on any atom is 0.264 e. The van der Waals surface area contributed by atoms with Crippen LogP contribution in [-0.2, 0) is 10.0 Å². The molecule has 3 atom stereocenters. The third-order valence-electron chi connectivity index (χ3n) is 6.54. The molecule has 0 unspecified atom stereocenters. The molecule has 4 rings (SSSR count). The van der Waals surface area contributed by atoms with Crippen LogP contribution in [-0.4, -0.2) is 27.4 Å². The van der Waals surface area contributed by atoms with Crippen molar-refractivity contribution in [1.29, 1.82) is 0 Å². The molecule has 2 fully saturated rings. The molecule has 0 aromatic heterocycles. The molecular weight excluding hydrogens is 384 g/mol. The van der Waals surface area contributed by atoms with E-state index in [1.165, 1.54) is 30.6 Å². The van der Waals surface area contributed by atoms with Crippen molar-refractivity contribution in [2.45, 2.75) is 50.5 Å². The highest BCUT2D eigenvalue weighted by Gasteiger charge is 2.40. The van der Waals surface area contributed by atoms with Crippen molar-refractivity contribution >= 4 is 21.6 Å². The molecule has 1 amide bonds. The number of hydrogen-bond donors (Lipinski definition) is 1. The van der Waals surface area contributed by atoms with Gasteiger partial charge in [0.15, 0.2) is 0 Å². The van der Waals surface area contributed by atoms with Crippen LogP contribution in [0.4, 0.5) is 5.69 Å². The monoisotopic (exact) mass is 412 g/mol. The highest BCUT2D eigenvalue weighted by molar-refractivity contribution is 7.92. The lowest BCUT2D eigenvalue weighted by Crippen LogP contribution is -2.38. The van der Waals surface area contributed by atoms with Crippen molar-refractivity contribution in [2.24, 2.45) is 11.8 Å². The third-order valence-corrected chi connectivity index (χ3v) is 8.33. The summed E-state index contributed by atoms with van der Waals surface area (Å²) in [7, 11) is -2.16. The molecule has 2 aromatic rings. The number of aryl methyl sites for hydroxylation is 2. The zero-order valence-corrected chi connectivity index (χ0v) is 18.0. The molecule has 6 heteroatoms. The molecule has 154 valence electrons. The molecule has 2 saturated carbocycles. The predicted octanol–water partition coefficient (Wildman–Crippen LogP) is 4.05. The second-order valence-corrected chi connectivity index (χ2v) is 10.5. The second-order valence-electron chi connectivity index (χ2n) is 8.54. The molecule has 0 aliphatic heterocycles. The van der Waals surface area contributed by atoms with Crippen LogP contribution >= 0.6 is 0 Å². The number of nitrogens with zero attached hydrogens (tertiary/aromatic N) is 1. The van der Waals surface area contributed by atoms with Gasteiger partial charge in [0.2, 0.25) is 0 Å². The fraction of sp³-hybridized carbons (Fsp3) is 0.435. The Hall–Kier alpha value is -2.34. The van der Waals surface area contributed by atoms with E-state index in [0.717, 1.165) is 23.5 Å². The topological polar surface area (TPSA) is 66.5 Å². The molecule has 2 aliphatic carbocycles. The number of anilines is 1. The molecule has 0 heterocycles. The van der Waals surface area contributed by atoms with Crippen LogP contribution in [0, 0.1) is 25.7 Å². The van der Waals surface area contributed by atoms with Gasteiger partial charge >= 0.3 is 0 Å². The quantitative estimate of drug-likeness (QED) is 0.806. The van der Waals surface area contributed by atoms with E-state index in [9.17, 15) is 13.2 Å². The van der Waals surface area contributed by atoms with Gasteiger partial charge in [-0.2, -0.15) is 0 Å². The molecule has 29 heavy (non-hydrogen) atoms. The Morgan fingerprint density at radius 1 is 1.03 bits per heavy atom. The van der Waals surface area contributed by atoms with E-state index in [-0.39, 0.29) is 16.8 Å². The zero-order chi connectivity index (χ0) is 20.8. The Labute approximate surface area is 173 Å². The Balaban J connectivity index is 1.57. The van der Waals surface area contributed by atoms with Crippen LogP contribution in [0.15, 0.2) is 47.4 Å². The zero-order valence-electron chi connectivity index (χ0n) is 17.2. The van der Waals surface area contributed by atoms with E-state index in [1.54, 1.807) is 36.4 Å². The molecular formula is C23H28N2O3S. The van der Waals surface area contributed by atoms with Crippen molar-refractivity contribution in [1.82, 2.24) is 5.32 Å². The van der Waals surface area contributed by atoms with E-state index in [1.807, 2.05) is 19.9 Å². The molecule has 1 N–H and O–H groups in total. The van der Waals surface area contributed by atoms with Crippen LogP contribution in [0.1, 0.15) is 47.2 Å². The molecule has 5 nitrogen and oxygen atoms in total. The minimum atomic E-state index is -3.70. The molecule has 0 spiro atoms. The smallest absolute Gasteiger partial charge is 0.264 e. The van der Waals surface area contributed by atoms with Gasteiger partial charge in [-0.05, 0) is 74.8 Å². The summed E-state index contributed by atoms with van der Waals surface area (Å²) >= 11 is 0. The number of fused-ring (bicyclic) bond motifs is 2. The number of amides is 1. The number of sulfonamides is 1. The van der Waals surface area contributed by atoms with E-state index in [2.05, 4.69) is 5.32 Å². The Bertz CT molecular complexity index is 1030. The SMILES string of the molecule is Cc1ccc(S(=O)(=O)N(C)c2cc(C(=O)N[C@@H]3C[C@@H]4CC[C@@H]3C4)ccc2C)cc1. The molecule has 0 radical (unpaired) electrons. The Morgan fingerprint density at radius 3 is 2.38 bits per heavy atom. The summed E-state index contributed by atoms with van der Waals surface area (Å²) in [5.41, 5.74) is 2.83. The van der Waals surface area contributed by atoms with E-state index < -0.39 is 10.0 Å². The normalized spacial score (nSPS) is 23.2. The number of hydrogen-bond acceptors (Lipinski definition) is 3. The average Bonchev–Trinajstić information content (AvgIpc) is 3.31. The van der Waals surface area contributed by atoms with Crippen LogP contribution in [0.3, 0.4) is 0 Å². The summed E-state index contributed by atoms with van der Waals surface area (Å²) < 4.78 is 27.4. The van der Waals surface area contributed by atoms with Gasteiger partial charge in [-0.3, -0.25) is 9.10 Å².